The lowest BCUT2D eigenvalue weighted by Gasteiger charge is -2.52. The molecule has 220 valence electrons. The van der Waals surface area contributed by atoms with Crippen molar-refractivity contribution in [2.45, 2.75) is 56.7 Å². The molecule has 4 N–H and O–H groups in total. The molecule has 0 radical (unpaired) electrons. The van der Waals surface area contributed by atoms with E-state index in [1.807, 2.05) is 0 Å². The highest BCUT2D eigenvalue weighted by Gasteiger charge is 2.69. The summed E-state index contributed by atoms with van der Waals surface area (Å²) >= 11 is 6.93. The van der Waals surface area contributed by atoms with E-state index in [0.29, 0.717) is 34.5 Å². The van der Waals surface area contributed by atoms with Crippen LogP contribution in [0.25, 0.3) is 0 Å². The molecule has 5 aliphatic carbocycles. The number of nitrogens with zero attached hydrogens (tertiary/aromatic N) is 2. The summed E-state index contributed by atoms with van der Waals surface area (Å²) in [5.41, 5.74) is 3.73. The molecule has 1 aromatic rings. The standard InChI is InChI=1S/C30H36ClN3O7/c1-33(2)24-18-8-15-7-17-21(25(36)20(15)27(38)30(18,41)28(39)22(26(24)37)29(32)40)19(35)9-16(23(17)31)12-34(10-13-3-4-13)11-14-5-6-14/h9,13-15,18,20,22,24,35,41H,3-8,10-12H2,1-2H3,(H2,32,40)/t15-,18-,20?,22?,24-,30-/m0/s1. The summed E-state index contributed by atoms with van der Waals surface area (Å²) in [6.45, 7) is 2.46. The van der Waals surface area contributed by atoms with Crippen LogP contribution in [0.5, 0.6) is 5.75 Å². The monoisotopic (exact) mass is 585 g/mol. The van der Waals surface area contributed by atoms with Gasteiger partial charge in [0.2, 0.25) is 5.91 Å². The Labute approximate surface area is 243 Å². The Morgan fingerprint density at radius 1 is 1.07 bits per heavy atom. The zero-order valence-electron chi connectivity index (χ0n) is 23.3. The molecule has 41 heavy (non-hydrogen) atoms. The zero-order chi connectivity index (χ0) is 29.5. The van der Waals surface area contributed by atoms with Crippen molar-refractivity contribution in [1.82, 2.24) is 9.80 Å². The molecule has 0 aromatic heterocycles. The third-order valence-corrected chi connectivity index (χ3v) is 10.4. The highest BCUT2D eigenvalue weighted by atomic mass is 35.5. The molecule has 0 bridgehead atoms. The Hall–Kier alpha value is -2.66. The highest BCUT2D eigenvalue weighted by molar-refractivity contribution is 6.34. The third-order valence-electron chi connectivity index (χ3n) is 9.89. The summed E-state index contributed by atoms with van der Waals surface area (Å²) in [4.78, 5) is 70.3. The van der Waals surface area contributed by atoms with Crippen LogP contribution < -0.4 is 5.73 Å². The van der Waals surface area contributed by atoms with E-state index >= 15 is 0 Å². The quantitative estimate of drug-likeness (QED) is 0.380. The molecule has 6 rings (SSSR count). The van der Waals surface area contributed by atoms with Crippen LogP contribution in [-0.2, 0) is 32.1 Å². The average Bonchev–Trinajstić information content (AvgIpc) is 3.81. The van der Waals surface area contributed by atoms with Gasteiger partial charge in [0.25, 0.3) is 0 Å². The Kier molecular flexibility index (Phi) is 6.92. The maximum Gasteiger partial charge on any atom is 0.235 e. The first-order valence-electron chi connectivity index (χ1n) is 14.4. The molecule has 0 spiro atoms. The number of fused-ring (bicyclic) bond motifs is 3. The lowest BCUT2D eigenvalue weighted by Crippen LogP contribution is -2.74. The summed E-state index contributed by atoms with van der Waals surface area (Å²) in [7, 11) is 3.12. The second-order valence-corrected chi connectivity index (χ2v) is 13.5. The van der Waals surface area contributed by atoms with E-state index < -0.39 is 64.4 Å². The second kappa shape index (κ2) is 9.97. The number of aromatic hydroxyl groups is 1. The molecule has 0 aliphatic heterocycles. The number of phenolic OH excluding ortho intramolecular Hbond substituents is 1. The number of hydrogen-bond donors (Lipinski definition) is 3. The van der Waals surface area contributed by atoms with Gasteiger partial charge in [0.15, 0.2) is 34.7 Å². The van der Waals surface area contributed by atoms with Crippen LogP contribution >= 0.6 is 11.6 Å². The largest absolute Gasteiger partial charge is 0.507 e. The number of primary amides is 1. The van der Waals surface area contributed by atoms with Gasteiger partial charge in [-0.1, -0.05) is 11.6 Å². The number of halogens is 1. The number of aliphatic hydroxyl groups is 1. The van der Waals surface area contributed by atoms with Crippen molar-refractivity contribution >= 4 is 40.6 Å². The van der Waals surface area contributed by atoms with Crippen molar-refractivity contribution in [3.05, 3.63) is 27.8 Å². The number of Topliss-reactive ketones (excluding diaryl/α,β-unsaturated/α-hetero) is 4. The zero-order valence-corrected chi connectivity index (χ0v) is 24.0. The molecular weight excluding hydrogens is 550 g/mol. The molecule has 1 amide bonds. The van der Waals surface area contributed by atoms with Crippen LogP contribution in [0.4, 0.5) is 0 Å². The normalized spacial score (nSPS) is 33.2. The maximum atomic E-state index is 13.9. The molecule has 5 aliphatic rings. The number of rotatable bonds is 8. The van der Waals surface area contributed by atoms with E-state index in [1.54, 1.807) is 14.1 Å². The fraction of sp³-hybridized carbons (Fsp3) is 0.633. The summed E-state index contributed by atoms with van der Waals surface area (Å²) in [5, 5.41) is 23.1. The Morgan fingerprint density at radius 2 is 1.68 bits per heavy atom. The predicted octanol–water partition coefficient (Wildman–Crippen LogP) is 1.14. The molecule has 2 unspecified atom stereocenters. The van der Waals surface area contributed by atoms with Crippen molar-refractivity contribution in [2.75, 3.05) is 27.2 Å². The molecule has 10 nitrogen and oxygen atoms in total. The van der Waals surface area contributed by atoms with Crippen LogP contribution in [0.3, 0.4) is 0 Å². The lowest BCUT2D eigenvalue weighted by atomic mass is 9.52. The van der Waals surface area contributed by atoms with Crippen LogP contribution in [0.1, 0.15) is 53.6 Å². The highest BCUT2D eigenvalue weighted by Crippen LogP contribution is 2.52. The van der Waals surface area contributed by atoms with Crippen molar-refractivity contribution in [3.63, 3.8) is 0 Å². The van der Waals surface area contributed by atoms with Gasteiger partial charge in [-0.3, -0.25) is 33.8 Å². The SMILES string of the molecule is CN(C)[C@@H]1C(=O)C(C(N)=O)C(=O)[C@@]2(O)C(=O)C3C(=O)c4c(O)cc(CN(CC5CC5)CC5CC5)c(Cl)c4C[C@H]3C[C@@H]12. The fourth-order valence-electron chi connectivity index (χ4n) is 7.60. The second-order valence-electron chi connectivity index (χ2n) is 13.1. The summed E-state index contributed by atoms with van der Waals surface area (Å²) < 4.78 is 0. The molecule has 0 saturated heterocycles. The molecule has 11 heteroatoms. The minimum absolute atomic E-state index is 0.000693. The smallest absolute Gasteiger partial charge is 0.235 e. The van der Waals surface area contributed by atoms with Gasteiger partial charge in [-0.05, 0) is 87.6 Å². The Balaban J connectivity index is 1.37. The minimum atomic E-state index is -2.73. The number of hydrogen-bond acceptors (Lipinski definition) is 9. The molecular formula is C30H36ClN3O7. The van der Waals surface area contributed by atoms with E-state index in [0.717, 1.165) is 13.1 Å². The number of carbonyl (C=O) groups excluding carboxylic acids is 5. The third kappa shape index (κ3) is 4.54. The van der Waals surface area contributed by atoms with Gasteiger partial charge in [0.1, 0.15) is 5.75 Å². The number of phenols is 1. The van der Waals surface area contributed by atoms with Gasteiger partial charge in [-0.2, -0.15) is 0 Å². The van der Waals surface area contributed by atoms with Gasteiger partial charge in [0.05, 0.1) is 17.5 Å². The first-order chi connectivity index (χ1) is 19.3. The summed E-state index contributed by atoms with van der Waals surface area (Å²) in [5.74, 6) is -9.22. The van der Waals surface area contributed by atoms with Gasteiger partial charge in [-0.15, -0.1) is 0 Å². The number of ketones is 4. The van der Waals surface area contributed by atoms with Crippen molar-refractivity contribution in [3.8, 4) is 5.75 Å². The molecule has 4 saturated carbocycles. The Morgan fingerprint density at radius 3 is 2.22 bits per heavy atom. The summed E-state index contributed by atoms with van der Waals surface area (Å²) in [6, 6.07) is 0.359. The van der Waals surface area contributed by atoms with Crippen molar-refractivity contribution < 1.29 is 34.2 Å². The molecule has 4 fully saturated rings. The molecule has 1 aromatic carbocycles. The molecule has 0 heterocycles. The number of carbonyl (C=O) groups is 5. The van der Waals surface area contributed by atoms with Crippen LogP contribution in [0, 0.1) is 35.5 Å². The lowest BCUT2D eigenvalue weighted by molar-refractivity contribution is -0.181. The van der Waals surface area contributed by atoms with Gasteiger partial charge in [-0.25, -0.2) is 0 Å². The minimum Gasteiger partial charge on any atom is -0.507 e. The number of likely N-dealkylation sites (N-methyl/N-ethyl adjacent to an activating group) is 1. The van der Waals surface area contributed by atoms with Gasteiger partial charge < -0.3 is 15.9 Å². The Bertz CT molecular complexity index is 1360. The average molecular weight is 586 g/mol. The fourth-order valence-corrected chi connectivity index (χ4v) is 7.88. The van der Waals surface area contributed by atoms with Crippen molar-refractivity contribution in [2.24, 2.45) is 41.2 Å². The topological polar surface area (TPSA) is 158 Å². The van der Waals surface area contributed by atoms with Crippen LogP contribution in [-0.4, -0.2) is 87.9 Å². The van der Waals surface area contributed by atoms with E-state index in [1.165, 1.54) is 36.6 Å². The van der Waals surface area contributed by atoms with Crippen LogP contribution in [0.15, 0.2) is 6.07 Å². The van der Waals surface area contributed by atoms with Gasteiger partial charge in [0, 0.05) is 30.6 Å². The van der Waals surface area contributed by atoms with E-state index in [4.69, 9.17) is 17.3 Å². The van der Waals surface area contributed by atoms with E-state index in [9.17, 15) is 34.2 Å². The first-order valence-corrected chi connectivity index (χ1v) is 14.8. The maximum absolute atomic E-state index is 13.9. The van der Waals surface area contributed by atoms with Gasteiger partial charge >= 0.3 is 0 Å². The summed E-state index contributed by atoms with van der Waals surface area (Å²) in [6.07, 6.45) is 5.01. The van der Waals surface area contributed by atoms with E-state index in [-0.39, 0.29) is 24.2 Å². The number of nitrogens with two attached hydrogens (primary N) is 1. The predicted molar refractivity (Wildman–Crippen MR) is 147 cm³/mol. The first kappa shape index (κ1) is 28.5. The molecule has 6 atom stereocenters. The number of amides is 1. The number of benzene rings is 1. The van der Waals surface area contributed by atoms with Crippen molar-refractivity contribution in [1.29, 1.82) is 0 Å². The van der Waals surface area contributed by atoms with Crippen LogP contribution in [0.2, 0.25) is 5.02 Å². The van der Waals surface area contributed by atoms with E-state index in [2.05, 4.69) is 4.90 Å².